The second-order valence-electron chi connectivity index (χ2n) is 15.2. The molecule has 11 heteroatoms. The SMILES string of the molecule is CCCCC/C=C\C/C=C\CCCCCCCCCCCCOCC(COP(=O)(O)OCC(N)C(=O)O)OC(=O)CCCCCCCCCCCCCCC. The van der Waals surface area contributed by atoms with E-state index in [1.54, 1.807) is 0 Å². The maximum Gasteiger partial charge on any atom is 0.472 e. The normalized spacial score (nSPS) is 14.1. The van der Waals surface area contributed by atoms with Crippen molar-refractivity contribution in [1.29, 1.82) is 0 Å². The molecule has 0 saturated heterocycles. The van der Waals surface area contributed by atoms with Crippen LogP contribution < -0.4 is 5.73 Å². The van der Waals surface area contributed by atoms with Gasteiger partial charge in [-0.1, -0.05) is 179 Å². The molecule has 0 aliphatic heterocycles. The van der Waals surface area contributed by atoms with E-state index < -0.39 is 45.1 Å². The number of aliphatic carboxylic acids is 1. The number of esters is 1. The van der Waals surface area contributed by atoms with Gasteiger partial charge in [-0.2, -0.15) is 0 Å². The summed E-state index contributed by atoms with van der Waals surface area (Å²) < 4.78 is 33.4. The molecule has 55 heavy (non-hydrogen) atoms. The zero-order valence-corrected chi connectivity index (χ0v) is 36.2. The fraction of sp³-hybridized carbons (Fsp3) is 0.864. The Hall–Kier alpha value is -1.55. The van der Waals surface area contributed by atoms with Gasteiger partial charge in [-0.25, -0.2) is 4.57 Å². The van der Waals surface area contributed by atoms with Crippen molar-refractivity contribution >= 4 is 19.8 Å². The zero-order chi connectivity index (χ0) is 40.5. The highest BCUT2D eigenvalue weighted by atomic mass is 31.2. The number of carboxylic acid groups (broad SMARTS) is 1. The van der Waals surface area contributed by atoms with Gasteiger partial charge in [-0.15, -0.1) is 0 Å². The predicted octanol–water partition coefficient (Wildman–Crippen LogP) is 12.3. The van der Waals surface area contributed by atoms with Crippen LogP contribution >= 0.6 is 7.82 Å². The molecule has 324 valence electrons. The standard InChI is InChI=1S/C44H84NO9P/c1-3-5-7-9-11-13-15-17-18-19-20-21-22-23-25-27-29-31-33-35-37-51-38-41(39-52-55(49,50)53-40-42(45)44(47)48)54-43(46)36-34-32-30-28-26-24-16-14-12-10-8-6-4-2/h11,13,17-18,41-42H,3-10,12,14-16,19-40,45H2,1-2H3,(H,47,48)(H,49,50)/b13-11-,18-17-. The minimum Gasteiger partial charge on any atom is -0.480 e. The van der Waals surface area contributed by atoms with E-state index in [9.17, 15) is 19.0 Å². The van der Waals surface area contributed by atoms with Gasteiger partial charge in [0.2, 0.25) is 0 Å². The topological polar surface area (TPSA) is 155 Å². The third-order valence-corrected chi connectivity index (χ3v) is 10.7. The number of rotatable bonds is 43. The second kappa shape index (κ2) is 40.6. The summed E-state index contributed by atoms with van der Waals surface area (Å²) in [5.41, 5.74) is 5.35. The zero-order valence-electron chi connectivity index (χ0n) is 35.3. The molecule has 0 fully saturated rings. The molecule has 0 spiro atoms. The number of carbonyl (C=O) groups is 2. The average molecular weight is 802 g/mol. The molecule has 0 aromatic carbocycles. The highest BCUT2D eigenvalue weighted by Crippen LogP contribution is 2.43. The van der Waals surface area contributed by atoms with Crippen molar-refractivity contribution in [2.75, 3.05) is 26.4 Å². The van der Waals surface area contributed by atoms with Crippen LogP contribution in [0.15, 0.2) is 24.3 Å². The highest BCUT2D eigenvalue weighted by Gasteiger charge is 2.27. The van der Waals surface area contributed by atoms with Crippen molar-refractivity contribution < 1.29 is 42.7 Å². The Labute approximate surface area is 336 Å². The number of hydrogen-bond acceptors (Lipinski definition) is 8. The molecule has 0 aliphatic carbocycles. The maximum atomic E-state index is 12.6. The van der Waals surface area contributed by atoms with Crippen molar-refractivity contribution in [1.82, 2.24) is 0 Å². The molecular weight excluding hydrogens is 717 g/mol. The smallest absolute Gasteiger partial charge is 0.472 e. The van der Waals surface area contributed by atoms with Crippen LogP contribution in [0.1, 0.15) is 206 Å². The van der Waals surface area contributed by atoms with Crippen LogP contribution in [0.25, 0.3) is 0 Å². The molecule has 3 atom stereocenters. The number of ether oxygens (including phenoxy) is 2. The van der Waals surface area contributed by atoms with Gasteiger partial charge in [-0.05, 0) is 44.9 Å². The van der Waals surface area contributed by atoms with Gasteiger partial charge in [0, 0.05) is 13.0 Å². The Balaban J connectivity index is 4.17. The van der Waals surface area contributed by atoms with E-state index in [0.29, 0.717) is 13.0 Å². The van der Waals surface area contributed by atoms with Crippen LogP contribution in [0.4, 0.5) is 0 Å². The van der Waals surface area contributed by atoms with E-state index >= 15 is 0 Å². The summed E-state index contributed by atoms with van der Waals surface area (Å²) in [4.78, 5) is 33.5. The molecule has 0 aromatic rings. The van der Waals surface area contributed by atoms with Gasteiger partial charge in [0.05, 0.1) is 19.8 Å². The Kier molecular flexibility index (Phi) is 39.5. The second-order valence-corrected chi connectivity index (χ2v) is 16.6. The lowest BCUT2D eigenvalue weighted by Gasteiger charge is -2.20. The summed E-state index contributed by atoms with van der Waals surface area (Å²) in [5, 5.41) is 8.89. The third kappa shape index (κ3) is 40.4. The van der Waals surface area contributed by atoms with Gasteiger partial charge >= 0.3 is 19.8 Å². The first-order valence-corrected chi connectivity index (χ1v) is 23.9. The number of phosphoric ester groups is 1. The molecule has 0 aromatic heterocycles. The molecule has 0 saturated carbocycles. The molecule has 0 radical (unpaired) electrons. The van der Waals surface area contributed by atoms with Crippen LogP contribution in [0.5, 0.6) is 0 Å². The highest BCUT2D eigenvalue weighted by molar-refractivity contribution is 7.47. The summed E-state index contributed by atoms with van der Waals surface area (Å²) in [6.07, 6.45) is 43.7. The Morgan fingerprint density at radius 3 is 1.51 bits per heavy atom. The van der Waals surface area contributed by atoms with Crippen LogP contribution in [0.3, 0.4) is 0 Å². The molecule has 4 N–H and O–H groups in total. The van der Waals surface area contributed by atoms with Crippen LogP contribution in [-0.4, -0.2) is 60.5 Å². The number of carboxylic acids is 1. The molecule has 0 aliphatic rings. The van der Waals surface area contributed by atoms with E-state index in [-0.39, 0.29) is 13.0 Å². The van der Waals surface area contributed by atoms with Gasteiger partial charge in [0.15, 0.2) is 0 Å². The molecule has 0 rings (SSSR count). The summed E-state index contributed by atoms with van der Waals surface area (Å²) in [5.74, 6) is -1.77. The largest absolute Gasteiger partial charge is 0.480 e. The number of phosphoric acid groups is 1. The minimum atomic E-state index is -4.61. The maximum absolute atomic E-state index is 12.6. The number of unbranched alkanes of at least 4 members (excludes halogenated alkanes) is 25. The fourth-order valence-corrected chi connectivity index (χ4v) is 7.00. The average Bonchev–Trinajstić information content (AvgIpc) is 3.16. The van der Waals surface area contributed by atoms with Crippen molar-refractivity contribution in [3.8, 4) is 0 Å². The van der Waals surface area contributed by atoms with E-state index in [4.69, 9.17) is 29.4 Å². The number of allylic oxidation sites excluding steroid dienone is 4. The monoisotopic (exact) mass is 802 g/mol. The molecule has 0 heterocycles. The lowest BCUT2D eigenvalue weighted by Crippen LogP contribution is -2.34. The van der Waals surface area contributed by atoms with Crippen molar-refractivity contribution in [3.63, 3.8) is 0 Å². The van der Waals surface area contributed by atoms with Crippen molar-refractivity contribution in [2.45, 2.75) is 219 Å². The fourth-order valence-electron chi connectivity index (χ4n) is 6.22. The number of hydrogen-bond donors (Lipinski definition) is 3. The summed E-state index contributed by atoms with van der Waals surface area (Å²) in [7, 11) is -4.61. The van der Waals surface area contributed by atoms with E-state index in [1.807, 2.05) is 0 Å². The molecular formula is C44H84NO9P. The number of carbonyl (C=O) groups excluding carboxylic acids is 1. The third-order valence-electron chi connectivity index (χ3n) is 9.73. The van der Waals surface area contributed by atoms with Crippen molar-refractivity contribution in [2.24, 2.45) is 5.73 Å². The van der Waals surface area contributed by atoms with E-state index in [2.05, 4.69) is 38.2 Å². The van der Waals surface area contributed by atoms with Crippen LogP contribution in [0, 0.1) is 0 Å². The molecule has 0 amide bonds. The molecule has 0 bridgehead atoms. The number of nitrogens with two attached hydrogens (primary N) is 1. The Bertz CT molecular complexity index is 977. The van der Waals surface area contributed by atoms with Crippen molar-refractivity contribution in [3.05, 3.63) is 24.3 Å². The van der Waals surface area contributed by atoms with Crippen LogP contribution in [0.2, 0.25) is 0 Å². The van der Waals surface area contributed by atoms with Gasteiger partial charge in [-0.3, -0.25) is 18.6 Å². The summed E-state index contributed by atoms with van der Waals surface area (Å²) in [6, 6.07) is -1.47. The molecule has 10 nitrogen and oxygen atoms in total. The predicted molar refractivity (Wildman–Crippen MR) is 226 cm³/mol. The Morgan fingerprint density at radius 2 is 1.00 bits per heavy atom. The summed E-state index contributed by atoms with van der Waals surface area (Å²) in [6.45, 7) is 3.87. The lowest BCUT2D eigenvalue weighted by molar-refractivity contribution is -0.154. The summed E-state index contributed by atoms with van der Waals surface area (Å²) >= 11 is 0. The molecule has 3 unspecified atom stereocenters. The minimum absolute atomic E-state index is 0.0188. The first kappa shape index (κ1) is 53.5. The first-order valence-electron chi connectivity index (χ1n) is 22.4. The van der Waals surface area contributed by atoms with Crippen LogP contribution in [-0.2, 0) is 32.7 Å². The van der Waals surface area contributed by atoms with Gasteiger partial charge in [0.1, 0.15) is 12.1 Å². The first-order chi connectivity index (χ1) is 26.7. The van der Waals surface area contributed by atoms with E-state index in [0.717, 1.165) is 38.5 Å². The lowest BCUT2D eigenvalue weighted by atomic mass is 10.0. The quantitative estimate of drug-likeness (QED) is 0.0235. The van der Waals surface area contributed by atoms with E-state index in [1.165, 1.54) is 141 Å². The van der Waals surface area contributed by atoms with Gasteiger partial charge in [0.25, 0.3) is 0 Å². The Morgan fingerprint density at radius 1 is 0.582 bits per heavy atom. The van der Waals surface area contributed by atoms with Gasteiger partial charge < -0.3 is 25.2 Å².